The van der Waals surface area contributed by atoms with Gasteiger partial charge in [0.1, 0.15) is 11.6 Å². The highest BCUT2D eigenvalue weighted by Gasteiger charge is 2.26. The molecule has 1 aliphatic heterocycles. The number of nitrogens with one attached hydrogen (secondary N) is 1. The number of halogens is 2. The van der Waals surface area contributed by atoms with Crippen LogP contribution in [0.2, 0.25) is 0 Å². The maximum atomic E-state index is 13.4. The Hall–Kier alpha value is -2.01. The molecule has 0 aliphatic carbocycles. The number of nitrogens with zero attached hydrogens (tertiary/aromatic N) is 1. The molecule has 1 aliphatic rings. The van der Waals surface area contributed by atoms with Gasteiger partial charge in [-0.2, -0.15) is 0 Å². The second-order valence-corrected chi connectivity index (χ2v) is 5.86. The molecule has 5 heteroatoms. The van der Waals surface area contributed by atoms with Crippen molar-refractivity contribution in [1.82, 2.24) is 0 Å². The van der Waals surface area contributed by atoms with Crippen LogP contribution in [0.4, 0.5) is 20.2 Å². The molecule has 1 unspecified atom stereocenters. The predicted molar refractivity (Wildman–Crippen MR) is 89.3 cm³/mol. The lowest BCUT2D eigenvalue weighted by atomic mass is 9.97. The zero-order valence-corrected chi connectivity index (χ0v) is 13.0. The van der Waals surface area contributed by atoms with Crippen LogP contribution >= 0.6 is 12.2 Å². The third kappa shape index (κ3) is 2.95. The van der Waals surface area contributed by atoms with E-state index in [4.69, 9.17) is 12.2 Å². The molecule has 1 atom stereocenters. The number of aryl methyl sites for hydroxylation is 1. The van der Waals surface area contributed by atoms with E-state index >= 15 is 0 Å². The van der Waals surface area contributed by atoms with Crippen molar-refractivity contribution in [2.75, 3.05) is 10.2 Å². The molecule has 0 spiro atoms. The maximum Gasteiger partial charge on any atom is 0.178 e. The monoisotopic (exact) mass is 318 g/mol. The van der Waals surface area contributed by atoms with Crippen LogP contribution in [0.1, 0.15) is 18.9 Å². The standard InChI is InChI=1S/C17H16F2N2S/c1-11-5-6-12-9-14(19)7-8-16(12)21(11)17(22)20-15-4-2-3-13(18)10-15/h2-4,7-11H,5-6H2,1H3,(H,20,22). The minimum Gasteiger partial charge on any atom is -0.332 e. The second-order valence-electron chi connectivity index (χ2n) is 5.47. The summed E-state index contributed by atoms with van der Waals surface area (Å²) in [6.45, 7) is 2.08. The van der Waals surface area contributed by atoms with Crippen molar-refractivity contribution in [1.29, 1.82) is 0 Å². The summed E-state index contributed by atoms with van der Waals surface area (Å²) >= 11 is 5.48. The first-order valence-electron chi connectivity index (χ1n) is 7.19. The van der Waals surface area contributed by atoms with Gasteiger partial charge >= 0.3 is 0 Å². The Morgan fingerprint density at radius 1 is 1.18 bits per heavy atom. The lowest BCUT2D eigenvalue weighted by molar-refractivity contribution is 0.604. The van der Waals surface area contributed by atoms with Crippen molar-refractivity contribution in [3.05, 3.63) is 59.7 Å². The minimum atomic E-state index is -0.318. The van der Waals surface area contributed by atoms with Gasteiger partial charge in [0.25, 0.3) is 0 Å². The predicted octanol–water partition coefficient (Wildman–Crippen LogP) is 4.50. The fourth-order valence-corrected chi connectivity index (χ4v) is 3.18. The molecule has 0 aromatic heterocycles. The highest BCUT2D eigenvalue weighted by Crippen LogP contribution is 2.31. The molecule has 1 N–H and O–H groups in total. The number of hydrogen-bond acceptors (Lipinski definition) is 1. The summed E-state index contributed by atoms with van der Waals surface area (Å²) in [6.07, 6.45) is 1.72. The molecule has 3 rings (SSSR count). The Labute approximate surface area is 133 Å². The van der Waals surface area contributed by atoms with Crippen LogP contribution in [-0.2, 0) is 6.42 Å². The summed E-state index contributed by atoms with van der Waals surface area (Å²) < 4.78 is 26.7. The van der Waals surface area contributed by atoms with E-state index in [9.17, 15) is 8.78 Å². The van der Waals surface area contributed by atoms with E-state index in [0.29, 0.717) is 10.8 Å². The van der Waals surface area contributed by atoms with E-state index in [2.05, 4.69) is 12.2 Å². The molecule has 0 saturated carbocycles. The average Bonchev–Trinajstić information content (AvgIpc) is 2.47. The molecule has 1 heterocycles. The summed E-state index contributed by atoms with van der Waals surface area (Å²) in [4.78, 5) is 1.97. The molecule has 0 bridgehead atoms. The number of benzene rings is 2. The topological polar surface area (TPSA) is 15.3 Å². The van der Waals surface area contributed by atoms with Crippen molar-refractivity contribution in [3.8, 4) is 0 Å². The number of rotatable bonds is 1. The van der Waals surface area contributed by atoms with Gasteiger partial charge in [-0.25, -0.2) is 8.78 Å². The highest BCUT2D eigenvalue weighted by atomic mass is 32.1. The number of fused-ring (bicyclic) bond motifs is 1. The van der Waals surface area contributed by atoms with Crippen molar-refractivity contribution in [3.63, 3.8) is 0 Å². The Morgan fingerprint density at radius 3 is 2.73 bits per heavy atom. The van der Waals surface area contributed by atoms with Gasteiger partial charge in [-0.05, 0) is 73.9 Å². The molecular weight excluding hydrogens is 302 g/mol. The van der Waals surface area contributed by atoms with Gasteiger partial charge in [0.05, 0.1) is 0 Å². The number of anilines is 2. The minimum absolute atomic E-state index is 0.200. The van der Waals surface area contributed by atoms with E-state index in [1.165, 1.54) is 18.2 Å². The van der Waals surface area contributed by atoms with E-state index in [0.717, 1.165) is 24.1 Å². The van der Waals surface area contributed by atoms with E-state index in [-0.39, 0.29) is 17.7 Å². The van der Waals surface area contributed by atoms with E-state index < -0.39 is 0 Å². The average molecular weight is 318 g/mol. The van der Waals surface area contributed by atoms with Crippen molar-refractivity contribution < 1.29 is 8.78 Å². The van der Waals surface area contributed by atoms with E-state index in [1.54, 1.807) is 24.3 Å². The molecule has 2 aromatic rings. The summed E-state index contributed by atoms with van der Waals surface area (Å²) in [5.41, 5.74) is 2.46. The van der Waals surface area contributed by atoms with Gasteiger partial charge in [-0.3, -0.25) is 0 Å². The summed E-state index contributed by atoms with van der Waals surface area (Å²) in [7, 11) is 0. The molecule has 0 amide bonds. The van der Waals surface area contributed by atoms with Crippen LogP contribution in [-0.4, -0.2) is 11.2 Å². The third-order valence-electron chi connectivity index (χ3n) is 3.87. The van der Waals surface area contributed by atoms with Crippen LogP contribution in [0, 0.1) is 11.6 Å². The number of thiocarbonyl (C=S) groups is 1. The first-order chi connectivity index (χ1) is 10.5. The van der Waals surface area contributed by atoms with Gasteiger partial charge in [0.2, 0.25) is 0 Å². The molecular formula is C17H16F2N2S. The van der Waals surface area contributed by atoms with Gasteiger partial charge < -0.3 is 10.2 Å². The molecule has 0 radical (unpaired) electrons. The molecule has 2 aromatic carbocycles. The zero-order chi connectivity index (χ0) is 15.7. The first-order valence-corrected chi connectivity index (χ1v) is 7.59. The first kappa shape index (κ1) is 14.9. The van der Waals surface area contributed by atoms with Gasteiger partial charge in [0, 0.05) is 17.4 Å². The van der Waals surface area contributed by atoms with Crippen LogP contribution < -0.4 is 10.2 Å². The Kier molecular flexibility index (Phi) is 4.07. The second kappa shape index (κ2) is 6.01. The Balaban J connectivity index is 1.89. The zero-order valence-electron chi connectivity index (χ0n) is 12.1. The van der Waals surface area contributed by atoms with Crippen molar-refractivity contribution in [2.24, 2.45) is 0 Å². The molecule has 114 valence electrons. The molecule has 22 heavy (non-hydrogen) atoms. The van der Waals surface area contributed by atoms with Crippen LogP contribution in [0.15, 0.2) is 42.5 Å². The lowest BCUT2D eigenvalue weighted by Gasteiger charge is -2.37. The molecule has 0 fully saturated rings. The third-order valence-corrected chi connectivity index (χ3v) is 4.17. The van der Waals surface area contributed by atoms with E-state index in [1.807, 2.05) is 4.90 Å². The van der Waals surface area contributed by atoms with Crippen molar-refractivity contribution in [2.45, 2.75) is 25.8 Å². The SMILES string of the molecule is CC1CCc2cc(F)ccc2N1C(=S)Nc1cccc(F)c1. The van der Waals surface area contributed by atoms with Crippen LogP contribution in [0.25, 0.3) is 0 Å². The normalized spacial score (nSPS) is 17.0. The smallest absolute Gasteiger partial charge is 0.178 e. The summed E-state index contributed by atoms with van der Waals surface area (Å²) in [6, 6.07) is 11.1. The Bertz CT molecular complexity index is 718. The quantitative estimate of drug-likeness (QED) is 0.779. The van der Waals surface area contributed by atoms with Gasteiger partial charge in [0.15, 0.2) is 5.11 Å². The summed E-state index contributed by atoms with van der Waals surface area (Å²) in [5.74, 6) is -0.556. The van der Waals surface area contributed by atoms with Crippen LogP contribution in [0.3, 0.4) is 0 Å². The van der Waals surface area contributed by atoms with Crippen LogP contribution in [0.5, 0.6) is 0 Å². The fourth-order valence-electron chi connectivity index (χ4n) is 2.78. The van der Waals surface area contributed by atoms with Gasteiger partial charge in [-0.15, -0.1) is 0 Å². The molecule has 2 nitrogen and oxygen atoms in total. The fraction of sp³-hybridized carbons (Fsp3) is 0.235. The summed E-state index contributed by atoms with van der Waals surface area (Å²) in [5, 5.41) is 3.55. The maximum absolute atomic E-state index is 13.4. The van der Waals surface area contributed by atoms with Gasteiger partial charge in [-0.1, -0.05) is 6.07 Å². The Morgan fingerprint density at radius 2 is 1.95 bits per heavy atom. The molecule has 0 saturated heterocycles. The lowest BCUT2D eigenvalue weighted by Crippen LogP contribution is -2.44. The largest absolute Gasteiger partial charge is 0.332 e. The highest BCUT2D eigenvalue weighted by molar-refractivity contribution is 7.80. The van der Waals surface area contributed by atoms with Crippen molar-refractivity contribution >= 4 is 28.7 Å². The number of hydrogen-bond donors (Lipinski definition) is 1.